The van der Waals surface area contributed by atoms with Gasteiger partial charge in [-0.2, -0.15) is 8.78 Å². The lowest BCUT2D eigenvalue weighted by Gasteiger charge is -2.15. The Morgan fingerprint density at radius 3 is 2.75 bits per heavy atom. The number of carbonyl (C=O) groups excluding carboxylic acids is 1. The first-order valence-electron chi connectivity index (χ1n) is 6.01. The third kappa shape index (κ3) is 4.67. The van der Waals surface area contributed by atoms with E-state index in [0.717, 1.165) is 6.42 Å². The zero-order chi connectivity index (χ0) is 15.2. The van der Waals surface area contributed by atoms with E-state index in [9.17, 15) is 22.4 Å². The molecule has 1 heterocycles. The molecular formula is C12H15F4N3O. The van der Waals surface area contributed by atoms with E-state index in [1.54, 1.807) is 11.4 Å². The van der Waals surface area contributed by atoms with Crippen molar-refractivity contribution in [3.63, 3.8) is 0 Å². The van der Waals surface area contributed by atoms with Gasteiger partial charge in [0.15, 0.2) is 0 Å². The molecule has 0 spiro atoms. The standard InChI is InChI=1S/C12H15F4N3O/c1-2-4-17-8-3-5-18-9(6-8)10(20)19-7-12(15,16)11(13)14/h3,5-6,11H,2,4,7H2,1H3,(H,17,18)(H,19,20). The van der Waals surface area contributed by atoms with E-state index in [2.05, 4.69) is 10.3 Å². The number of anilines is 1. The molecule has 0 saturated carbocycles. The lowest BCUT2D eigenvalue weighted by Crippen LogP contribution is -2.41. The maximum Gasteiger partial charge on any atom is 0.324 e. The van der Waals surface area contributed by atoms with Crippen molar-refractivity contribution in [2.45, 2.75) is 25.7 Å². The number of hydrogen-bond donors (Lipinski definition) is 2. The Balaban J connectivity index is 2.63. The summed E-state index contributed by atoms with van der Waals surface area (Å²) in [5, 5.41) is 4.74. The van der Waals surface area contributed by atoms with Crippen molar-refractivity contribution in [3.8, 4) is 0 Å². The van der Waals surface area contributed by atoms with Gasteiger partial charge >= 0.3 is 12.3 Å². The molecule has 1 aromatic heterocycles. The number of carbonyl (C=O) groups is 1. The number of hydrogen-bond acceptors (Lipinski definition) is 3. The van der Waals surface area contributed by atoms with Gasteiger partial charge in [0.25, 0.3) is 5.91 Å². The van der Waals surface area contributed by atoms with E-state index in [-0.39, 0.29) is 5.69 Å². The minimum atomic E-state index is -4.26. The predicted octanol–water partition coefficient (Wildman–Crippen LogP) is 2.53. The van der Waals surface area contributed by atoms with Crippen LogP contribution in [0.25, 0.3) is 0 Å². The molecule has 20 heavy (non-hydrogen) atoms. The molecule has 1 rings (SSSR count). The molecular weight excluding hydrogens is 278 g/mol. The second-order valence-corrected chi connectivity index (χ2v) is 4.10. The fraction of sp³-hybridized carbons (Fsp3) is 0.500. The quantitative estimate of drug-likeness (QED) is 0.760. The Bertz CT molecular complexity index is 454. The smallest absolute Gasteiger partial charge is 0.324 e. The number of pyridine rings is 1. The Morgan fingerprint density at radius 2 is 2.15 bits per heavy atom. The molecule has 0 aromatic carbocycles. The Morgan fingerprint density at radius 1 is 1.45 bits per heavy atom. The lowest BCUT2D eigenvalue weighted by atomic mass is 10.2. The van der Waals surface area contributed by atoms with E-state index in [1.165, 1.54) is 12.3 Å². The monoisotopic (exact) mass is 293 g/mol. The largest absolute Gasteiger partial charge is 0.385 e. The first kappa shape index (κ1) is 16.2. The van der Waals surface area contributed by atoms with Crippen LogP contribution in [0.5, 0.6) is 0 Å². The topological polar surface area (TPSA) is 54.0 Å². The summed E-state index contributed by atoms with van der Waals surface area (Å²) in [6, 6.07) is 2.98. The maximum atomic E-state index is 12.7. The molecule has 0 unspecified atom stereocenters. The number of aromatic nitrogens is 1. The Hall–Kier alpha value is -1.86. The first-order valence-corrected chi connectivity index (χ1v) is 6.01. The average molecular weight is 293 g/mol. The molecule has 2 N–H and O–H groups in total. The highest BCUT2D eigenvalue weighted by atomic mass is 19.3. The van der Waals surface area contributed by atoms with Gasteiger partial charge in [-0.05, 0) is 18.6 Å². The van der Waals surface area contributed by atoms with Gasteiger partial charge in [0.05, 0.1) is 6.54 Å². The summed E-state index contributed by atoms with van der Waals surface area (Å²) in [6.45, 7) is 1.19. The van der Waals surface area contributed by atoms with Crippen molar-refractivity contribution in [1.82, 2.24) is 10.3 Å². The van der Waals surface area contributed by atoms with Gasteiger partial charge in [0.2, 0.25) is 0 Å². The van der Waals surface area contributed by atoms with Crippen LogP contribution in [0.3, 0.4) is 0 Å². The number of nitrogens with zero attached hydrogens (tertiary/aromatic N) is 1. The van der Waals surface area contributed by atoms with Crippen molar-refractivity contribution in [2.24, 2.45) is 0 Å². The molecule has 0 aliphatic heterocycles. The molecule has 0 atom stereocenters. The van der Waals surface area contributed by atoms with Crippen LogP contribution in [0, 0.1) is 0 Å². The molecule has 1 aromatic rings. The normalized spacial score (nSPS) is 11.5. The summed E-state index contributed by atoms with van der Waals surface area (Å²) in [5.74, 6) is -5.18. The van der Waals surface area contributed by atoms with Gasteiger partial charge in [-0.3, -0.25) is 9.78 Å². The van der Waals surface area contributed by atoms with Crippen LogP contribution in [0.2, 0.25) is 0 Å². The van der Waals surface area contributed by atoms with Crippen LogP contribution < -0.4 is 10.6 Å². The first-order chi connectivity index (χ1) is 9.36. The van der Waals surface area contributed by atoms with Crippen molar-refractivity contribution in [3.05, 3.63) is 24.0 Å². The second kappa shape index (κ2) is 7.06. The summed E-state index contributed by atoms with van der Waals surface area (Å²) in [4.78, 5) is 15.3. The lowest BCUT2D eigenvalue weighted by molar-refractivity contribution is -0.123. The van der Waals surface area contributed by atoms with E-state index >= 15 is 0 Å². The van der Waals surface area contributed by atoms with Gasteiger partial charge in [0.1, 0.15) is 5.69 Å². The van der Waals surface area contributed by atoms with Crippen LogP contribution >= 0.6 is 0 Å². The second-order valence-electron chi connectivity index (χ2n) is 4.10. The third-order valence-electron chi connectivity index (χ3n) is 2.38. The molecule has 0 bridgehead atoms. The van der Waals surface area contributed by atoms with Crippen LogP contribution in [-0.2, 0) is 0 Å². The van der Waals surface area contributed by atoms with Crippen LogP contribution in [0.1, 0.15) is 23.8 Å². The van der Waals surface area contributed by atoms with Gasteiger partial charge in [-0.25, -0.2) is 8.78 Å². The fourth-order valence-electron chi connectivity index (χ4n) is 1.30. The zero-order valence-corrected chi connectivity index (χ0v) is 10.8. The average Bonchev–Trinajstić information content (AvgIpc) is 2.42. The molecule has 0 aliphatic carbocycles. The number of nitrogens with one attached hydrogen (secondary N) is 2. The third-order valence-corrected chi connectivity index (χ3v) is 2.38. The summed E-state index contributed by atoms with van der Waals surface area (Å²) < 4.78 is 49.2. The summed E-state index contributed by atoms with van der Waals surface area (Å²) >= 11 is 0. The highest BCUT2D eigenvalue weighted by molar-refractivity contribution is 5.93. The Labute approximate surface area is 113 Å². The van der Waals surface area contributed by atoms with Crippen LogP contribution in [-0.4, -0.2) is 36.3 Å². The number of alkyl halides is 4. The zero-order valence-electron chi connectivity index (χ0n) is 10.8. The highest BCUT2D eigenvalue weighted by Crippen LogP contribution is 2.21. The van der Waals surface area contributed by atoms with Crippen LogP contribution in [0.15, 0.2) is 18.3 Å². The molecule has 112 valence electrons. The molecule has 0 aliphatic rings. The molecule has 0 radical (unpaired) electrons. The number of rotatable bonds is 7. The van der Waals surface area contributed by atoms with Crippen molar-refractivity contribution < 1.29 is 22.4 Å². The van der Waals surface area contributed by atoms with E-state index in [0.29, 0.717) is 12.2 Å². The molecule has 1 amide bonds. The van der Waals surface area contributed by atoms with Gasteiger partial charge in [-0.1, -0.05) is 6.92 Å². The molecule has 0 fully saturated rings. The number of halogens is 4. The highest BCUT2D eigenvalue weighted by Gasteiger charge is 2.40. The summed E-state index contributed by atoms with van der Waals surface area (Å²) in [6.07, 6.45) is -1.63. The van der Waals surface area contributed by atoms with Crippen LogP contribution in [0.4, 0.5) is 23.2 Å². The Kier molecular flexibility index (Phi) is 5.72. The summed E-state index contributed by atoms with van der Waals surface area (Å²) in [7, 11) is 0. The maximum absolute atomic E-state index is 12.7. The summed E-state index contributed by atoms with van der Waals surface area (Å²) in [5.41, 5.74) is 0.490. The minimum absolute atomic E-state index is 0.115. The molecule has 4 nitrogen and oxygen atoms in total. The van der Waals surface area contributed by atoms with Gasteiger partial charge in [-0.15, -0.1) is 0 Å². The minimum Gasteiger partial charge on any atom is -0.385 e. The molecule has 8 heteroatoms. The van der Waals surface area contributed by atoms with E-state index in [1.807, 2.05) is 6.92 Å². The number of amides is 1. The predicted molar refractivity (Wildman–Crippen MR) is 66.3 cm³/mol. The van der Waals surface area contributed by atoms with Gasteiger partial charge in [0, 0.05) is 18.4 Å². The van der Waals surface area contributed by atoms with Crippen molar-refractivity contribution >= 4 is 11.6 Å². The SMILES string of the molecule is CCCNc1ccnc(C(=O)NCC(F)(F)C(F)F)c1. The molecule has 0 saturated heterocycles. The van der Waals surface area contributed by atoms with Gasteiger partial charge < -0.3 is 10.6 Å². The van der Waals surface area contributed by atoms with Crippen molar-refractivity contribution in [1.29, 1.82) is 0 Å². The van der Waals surface area contributed by atoms with E-state index < -0.39 is 24.8 Å². The van der Waals surface area contributed by atoms with E-state index in [4.69, 9.17) is 0 Å². The van der Waals surface area contributed by atoms with Crippen molar-refractivity contribution in [2.75, 3.05) is 18.4 Å². The fourth-order valence-corrected chi connectivity index (χ4v) is 1.30.